The van der Waals surface area contributed by atoms with Crippen molar-refractivity contribution in [1.82, 2.24) is 4.90 Å². The standard InChI is InChI=1S/C20H24BrNO3S/c21-18-6-8-19(9-7-18)26(24,25)15-14-22-12-10-17(11-13-22)20(23)16-4-2-1-3-5-16/h1-9,17,20,23H,10-15H2/t20-/m0/s1. The molecule has 1 aliphatic rings. The number of nitrogens with zero attached hydrogens (tertiary/aromatic N) is 1. The van der Waals surface area contributed by atoms with Crippen LogP contribution >= 0.6 is 15.9 Å². The first-order valence-corrected chi connectivity index (χ1v) is 11.3. The maximum Gasteiger partial charge on any atom is 0.179 e. The molecule has 0 aliphatic carbocycles. The topological polar surface area (TPSA) is 57.6 Å². The summed E-state index contributed by atoms with van der Waals surface area (Å²) in [4.78, 5) is 2.56. The summed E-state index contributed by atoms with van der Waals surface area (Å²) in [5.74, 6) is 0.359. The van der Waals surface area contributed by atoms with Crippen LogP contribution in [0.1, 0.15) is 24.5 Å². The molecule has 1 aliphatic heterocycles. The molecule has 4 nitrogen and oxygen atoms in total. The zero-order valence-electron chi connectivity index (χ0n) is 14.6. The van der Waals surface area contributed by atoms with Crippen LogP contribution in [0.15, 0.2) is 64.0 Å². The normalized spacial score (nSPS) is 17.9. The van der Waals surface area contributed by atoms with E-state index in [-0.39, 0.29) is 11.7 Å². The van der Waals surface area contributed by atoms with Crippen molar-refractivity contribution in [2.75, 3.05) is 25.4 Å². The number of likely N-dealkylation sites (tertiary alicyclic amines) is 1. The first kappa shape index (κ1) is 19.5. The second kappa shape index (κ2) is 8.65. The van der Waals surface area contributed by atoms with Crippen molar-refractivity contribution in [3.05, 3.63) is 64.6 Å². The quantitative estimate of drug-likeness (QED) is 0.748. The summed E-state index contributed by atoms with van der Waals surface area (Å²) in [6.07, 6.45) is 1.33. The molecule has 1 N–H and O–H groups in total. The van der Waals surface area contributed by atoms with Crippen molar-refractivity contribution in [3.8, 4) is 0 Å². The minimum absolute atomic E-state index is 0.126. The Morgan fingerprint density at radius 3 is 2.27 bits per heavy atom. The number of benzene rings is 2. The molecular weight excluding hydrogens is 414 g/mol. The summed E-state index contributed by atoms with van der Waals surface area (Å²) < 4.78 is 25.8. The lowest BCUT2D eigenvalue weighted by Crippen LogP contribution is -2.38. The van der Waals surface area contributed by atoms with Crippen molar-refractivity contribution < 1.29 is 13.5 Å². The van der Waals surface area contributed by atoms with E-state index in [0.717, 1.165) is 36.0 Å². The number of piperidine rings is 1. The Hall–Kier alpha value is -1.21. The van der Waals surface area contributed by atoms with Gasteiger partial charge in [-0.05, 0) is 61.7 Å². The summed E-state index contributed by atoms with van der Waals surface area (Å²) in [5, 5.41) is 10.5. The van der Waals surface area contributed by atoms with E-state index < -0.39 is 15.9 Å². The van der Waals surface area contributed by atoms with Crippen LogP contribution in [-0.2, 0) is 9.84 Å². The molecule has 0 spiro atoms. The van der Waals surface area contributed by atoms with Crippen molar-refractivity contribution in [2.45, 2.75) is 23.8 Å². The van der Waals surface area contributed by atoms with Gasteiger partial charge in [-0.3, -0.25) is 0 Å². The lowest BCUT2D eigenvalue weighted by Gasteiger charge is -2.34. The van der Waals surface area contributed by atoms with Crippen LogP contribution in [0.3, 0.4) is 0 Å². The summed E-state index contributed by atoms with van der Waals surface area (Å²) in [6.45, 7) is 2.18. The monoisotopic (exact) mass is 437 g/mol. The van der Waals surface area contributed by atoms with Gasteiger partial charge in [-0.25, -0.2) is 8.42 Å². The minimum Gasteiger partial charge on any atom is -0.388 e. The molecule has 6 heteroatoms. The average molecular weight is 438 g/mol. The first-order valence-electron chi connectivity index (χ1n) is 8.89. The Labute approximate surface area is 163 Å². The highest BCUT2D eigenvalue weighted by atomic mass is 79.9. The summed E-state index contributed by atoms with van der Waals surface area (Å²) >= 11 is 3.32. The van der Waals surface area contributed by atoms with Crippen LogP contribution in [-0.4, -0.2) is 43.8 Å². The van der Waals surface area contributed by atoms with E-state index in [4.69, 9.17) is 0 Å². The number of hydrogen-bond donors (Lipinski definition) is 1. The van der Waals surface area contributed by atoms with Crippen LogP contribution in [0.4, 0.5) is 0 Å². The van der Waals surface area contributed by atoms with Crippen molar-refractivity contribution in [2.24, 2.45) is 5.92 Å². The third kappa shape index (κ3) is 4.94. The van der Waals surface area contributed by atoms with Gasteiger partial charge in [0.05, 0.1) is 16.8 Å². The number of halogens is 1. The van der Waals surface area contributed by atoms with Gasteiger partial charge in [-0.2, -0.15) is 0 Å². The minimum atomic E-state index is -3.26. The smallest absolute Gasteiger partial charge is 0.179 e. The Kier molecular flexibility index (Phi) is 6.51. The molecule has 0 amide bonds. The van der Waals surface area contributed by atoms with E-state index >= 15 is 0 Å². The zero-order chi connectivity index (χ0) is 18.6. The maximum atomic E-state index is 12.5. The number of aliphatic hydroxyl groups is 1. The Bertz CT molecular complexity index is 801. The number of rotatable bonds is 6. The van der Waals surface area contributed by atoms with E-state index in [2.05, 4.69) is 20.8 Å². The van der Waals surface area contributed by atoms with Gasteiger partial charge in [-0.15, -0.1) is 0 Å². The van der Waals surface area contributed by atoms with Crippen molar-refractivity contribution >= 4 is 25.8 Å². The van der Waals surface area contributed by atoms with E-state index in [1.807, 2.05) is 30.3 Å². The van der Waals surface area contributed by atoms with Gasteiger partial charge in [-0.1, -0.05) is 46.3 Å². The van der Waals surface area contributed by atoms with Gasteiger partial charge in [0, 0.05) is 11.0 Å². The van der Waals surface area contributed by atoms with Crippen LogP contribution in [0.5, 0.6) is 0 Å². The van der Waals surface area contributed by atoms with Crippen LogP contribution in [0, 0.1) is 5.92 Å². The molecule has 2 aromatic rings. The van der Waals surface area contributed by atoms with E-state index in [1.54, 1.807) is 24.3 Å². The highest BCUT2D eigenvalue weighted by Crippen LogP contribution is 2.30. The van der Waals surface area contributed by atoms with E-state index in [0.29, 0.717) is 11.4 Å². The zero-order valence-corrected chi connectivity index (χ0v) is 17.0. The number of sulfone groups is 1. The lowest BCUT2D eigenvalue weighted by atomic mass is 9.87. The predicted octanol–water partition coefficient (Wildman–Crippen LogP) is 3.67. The van der Waals surface area contributed by atoms with Crippen molar-refractivity contribution in [1.29, 1.82) is 0 Å². The Morgan fingerprint density at radius 2 is 1.65 bits per heavy atom. The fraction of sp³-hybridized carbons (Fsp3) is 0.400. The predicted molar refractivity (Wildman–Crippen MR) is 107 cm³/mol. The fourth-order valence-electron chi connectivity index (χ4n) is 3.42. The molecule has 2 aromatic carbocycles. The average Bonchev–Trinajstić information content (AvgIpc) is 2.67. The molecule has 0 aromatic heterocycles. The van der Waals surface area contributed by atoms with Crippen LogP contribution < -0.4 is 0 Å². The third-order valence-corrected chi connectivity index (χ3v) is 7.31. The largest absolute Gasteiger partial charge is 0.388 e. The van der Waals surface area contributed by atoms with Gasteiger partial charge < -0.3 is 10.0 Å². The molecule has 1 fully saturated rings. The summed E-state index contributed by atoms with van der Waals surface area (Å²) in [6, 6.07) is 16.5. The highest BCUT2D eigenvalue weighted by molar-refractivity contribution is 9.10. The highest BCUT2D eigenvalue weighted by Gasteiger charge is 2.27. The third-order valence-electron chi connectivity index (χ3n) is 5.07. The summed E-state index contributed by atoms with van der Waals surface area (Å²) in [7, 11) is -3.26. The molecule has 26 heavy (non-hydrogen) atoms. The number of aliphatic hydroxyl groups excluding tert-OH is 1. The molecule has 1 atom stereocenters. The van der Waals surface area contributed by atoms with Gasteiger partial charge in [0.2, 0.25) is 0 Å². The number of hydrogen-bond acceptors (Lipinski definition) is 4. The van der Waals surface area contributed by atoms with E-state index in [1.165, 1.54) is 0 Å². The lowest BCUT2D eigenvalue weighted by molar-refractivity contribution is 0.0606. The van der Waals surface area contributed by atoms with Crippen molar-refractivity contribution in [3.63, 3.8) is 0 Å². The molecule has 3 rings (SSSR count). The first-order chi connectivity index (χ1) is 12.5. The van der Waals surface area contributed by atoms with Gasteiger partial charge >= 0.3 is 0 Å². The fourth-order valence-corrected chi connectivity index (χ4v) is 4.97. The van der Waals surface area contributed by atoms with Crippen LogP contribution in [0.25, 0.3) is 0 Å². The van der Waals surface area contributed by atoms with E-state index in [9.17, 15) is 13.5 Å². The molecule has 0 bridgehead atoms. The molecule has 0 saturated carbocycles. The second-order valence-electron chi connectivity index (χ2n) is 6.81. The second-order valence-corrected chi connectivity index (χ2v) is 9.83. The van der Waals surface area contributed by atoms with Gasteiger partial charge in [0.15, 0.2) is 9.84 Å². The molecule has 140 valence electrons. The Morgan fingerprint density at radius 1 is 1.04 bits per heavy atom. The molecule has 1 saturated heterocycles. The molecular formula is C20H24BrNO3S. The molecule has 0 radical (unpaired) electrons. The SMILES string of the molecule is O=S(=O)(CCN1CCC([C@@H](O)c2ccccc2)CC1)c1ccc(Br)cc1. The molecule has 1 heterocycles. The maximum absolute atomic E-state index is 12.5. The summed E-state index contributed by atoms with van der Waals surface area (Å²) in [5.41, 5.74) is 0.962. The van der Waals surface area contributed by atoms with Crippen LogP contribution in [0.2, 0.25) is 0 Å². The Balaban J connectivity index is 1.50. The van der Waals surface area contributed by atoms with Gasteiger partial charge in [0.25, 0.3) is 0 Å². The van der Waals surface area contributed by atoms with Gasteiger partial charge in [0.1, 0.15) is 0 Å². The molecule has 0 unspecified atom stereocenters.